The van der Waals surface area contributed by atoms with E-state index in [0.29, 0.717) is 12.0 Å². The Hall–Kier alpha value is -2.43. The van der Waals surface area contributed by atoms with Crippen molar-refractivity contribution in [2.24, 2.45) is 0 Å². The largest absolute Gasteiger partial charge is 0.351 e. The van der Waals surface area contributed by atoms with Gasteiger partial charge in [0.05, 0.1) is 0 Å². The molecule has 0 radical (unpaired) electrons. The lowest BCUT2D eigenvalue weighted by Gasteiger charge is -2.27. The summed E-state index contributed by atoms with van der Waals surface area (Å²) in [4.78, 5) is 9.31. The number of nitrogens with zero attached hydrogens (tertiary/aromatic N) is 4. The average Bonchev–Trinajstić information content (AvgIpc) is 3.12. The third-order valence-corrected chi connectivity index (χ3v) is 6.11. The van der Waals surface area contributed by atoms with E-state index in [4.69, 9.17) is 9.51 Å². The molecule has 2 aliphatic carbocycles. The zero-order valence-corrected chi connectivity index (χ0v) is 14.9. The number of hydrogen-bond donors (Lipinski definition) is 0. The van der Waals surface area contributed by atoms with Gasteiger partial charge in [0.15, 0.2) is 5.82 Å². The molecule has 0 unspecified atom stereocenters. The van der Waals surface area contributed by atoms with Crippen molar-refractivity contribution in [1.29, 1.82) is 0 Å². The monoisotopic (exact) mass is 348 g/mol. The molecular weight excluding hydrogens is 324 g/mol. The minimum Gasteiger partial charge on any atom is -0.351 e. The van der Waals surface area contributed by atoms with Gasteiger partial charge in [0, 0.05) is 48.1 Å². The van der Waals surface area contributed by atoms with Crippen LogP contribution in [-0.4, -0.2) is 19.7 Å². The standard InChI is InChI=1S/C21H24N4O/c1-2-12-22-17(5-1)15-21(10-11-21)20-23-19(26-24-20)16-6-8-18(9-7-16)25-13-3-4-14-25/h1-5,12-14,16,18H,6-11,15H2. The highest BCUT2D eigenvalue weighted by Gasteiger charge is 2.49. The van der Waals surface area contributed by atoms with Gasteiger partial charge in [0.2, 0.25) is 5.89 Å². The smallest absolute Gasteiger partial charge is 0.229 e. The van der Waals surface area contributed by atoms with Crippen LogP contribution in [0.15, 0.2) is 53.4 Å². The van der Waals surface area contributed by atoms with Crippen molar-refractivity contribution in [3.05, 3.63) is 66.3 Å². The lowest BCUT2D eigenvalue weighted by atomic mass is 9.86. The van der Waals surface area contributed by atoms with Gasteiger partial charge in [-0.15, -0.1) is 0 Å². The zero-order valence-electron chi connectivity index (χ0n) is 14.9. The van der Waals surface area contributed by atoms with Gasteiger partial charge in [-0.25, -0.2) is 0 Å². The van der Waals surface area contributed by atoms with Crippen LogP contribution in [0.2, 0.25) is 0 Å². The third-order valence-electron chi connectivity index (χ3n) is 6.11. The van der Waals surface area contributed by atoms with Crippen LogP contribution in [0.3, 0.4) is 0 Å². The van der Waals surface area contributed by atoms with E-state index in [1.165, 1.54) is 12.8 Å². The van der Waals surface area contributed by atoms with Crippen LogP contribution >= 0.6 is 0 Å². The van der Waals surface area contributed by atoms with Gasteiger partial charge in [0.25, 0.3) is 0 Å². The summed E-state index contributed by atoms with van der Waals surface area (Å²) in [5.74, 6) is 2.15. The molecular formula is C21H24N4O. The first-order valence-electron chi connectivity index (χ1n) is 9.69. The maximum Gasteiger partial charge on any atom is 0.229 e. The Bertz CT molecular complexity index is 843. The molecule has 0 N–H and O–H groups in total. The Kier molecular flexibility index (Phi) is 3.88. The summed E-state index contributed by atoms with van der Waals surface area (Å²) in [5, 5.41) is 4.37. The highest BCUT2D eigenvalue weighted by Crippen LogP contribution is 2.49. The number of hydrogen-bond acceptors (Lipinski definition) is 4. The fourth-order valence-corrected chi connectivity index (χ4v) is 4.31. The molecule has 0 aromatic carbocycles. The highest BCUT2D eigenvalue weighted by atomic mass is 16.5. The summed E-state index contributed by atoms with van der Waals surface area (Å²) in [7, 11) is 0. The van der Waals surface area contributed by atoms with E-state index in [1.54, 1.807) is 0 Å². The molecule has 2 aliphatic rings. The van der Waals surface area contributed by atoms with Crippen LogP contribution in [0.25, 0.3) is 0 Å². The van der Waals surface area contributed by atoms with E-state index in [0.717, 1.165) is 49.5 Å². The zero-order chi connectivity index (χ0) is 17.4. The molecule has 5 nitrogen and oxygen atoms in total. The summed E-state index contributed by atoms with van der Waals surface area (Å²) >= 11 is 0. The Balaban J connectivity index is 1.26. The third kappa shape index (κ3) is 2.96. The van der Waals surface area contributed by atoms with Crippen molar-refractivity contribution >= 4 is 0 Å². The summed E-state index contributed by atoms with van der Waals surface area (Å²) < 4.78 is 8.04. The molecule has 2 saturated carbocycles. The number of rotatable bonds is 5. The van der Waals surface area contributed by atoms with Gasteiger partial charge < -0.3 is 9.09 Å². The number of aromatic nitrogens is 4. The van der Waals surface area contributed by atoms with E-state index < -0.39 is 0 Å². The summed E-state index contributed by atoms with van der Waals surface area (Å²) in [6, 6.07) is 10.9. The molecule has 26 heavy (non-hydrogen) atoms. The predicted molar refractivity (Wildman–Crippen MR) is 97.8 cm³/mol. The van der Waals surface area contributed by atoms with Crippen molar-refractivity contribution in [2.45, 2.75) is 62.3 Å². The van der Waals surface area contributed by atoms with Crippen molar-refractivity contribution in [1.82, 2.24) is 19.7 Å². The molecule has 2 fully saturated rings. The van der Waals surface area contributed by atoms with E-state index in [1.807, 2.05) is 18.3 Å². The predicted octanol–water partition coefficient (Wildman–Crippen LogP) is 4.44. The van der Waals surface area contributed by atoms with Crippen LogP contribution in [-0.2, 0) is 11.8 Å². The fraction of sp³-hybridized carbons (Fsp3) is 0.476. The van der Waals surface area contributed by atoms with Crippen molar-refractivity contribution in [2.75, 3.05) is 0 Å². The molecule has 3 heterocycles. The van der Waals surface area contributed by atoms with E-state index in [2.05, 4.69) is 45.3 Å². The quantitative estimate of drug-likeness (QED) is 0.684. The molecule has 0 amide bonds. The number of pyridine rings is 1. The van der Waals surface area contributed by atoms with Crippen LogP contribution < -0.4 is 0 Å². The van der Waals surface area contributed by atoms with Crippen molar-refractivity contribution in [3.63, 3.8) is 0 Å². The first-order valence-corrected chi connectivity index (χ1v) is 9.69. The van der Waals surface area contributed by atoms with Gasteiger partial charge in [-0.1, -0.05) is 11.2 Å². The minimum atomic E-state index is 0.0540. The molecule has 134 valence electrons. The molecule has 0 bridgehead atoms. The summed E-state index contributed by atoms with van der Waals surface area (Å²) in [6.45, 7) is 0. The van der Waals surface area contributed by atoms with Crippen LogP contribution in [0.5, 0.6) is 0 Å². The van der Waals surface area contributed by atoms with Crippen molar-refractivity contribution in [3.8, 4) is 0 Å². The van der Waals surface area contributed by atoms with Gasteiger partial charge in [-0.05, 0) is 62.8 Å². The average molecular weight is 348 g/mol. The lowest BCUT2D eigenvalue weighted by Crippen LogP contribution is -2.17. The molecule has 0 atom stereocenters. The second kappa shape index (κ2) is 6.38. The van der Waals surface area contributed by atoms with Crippen molar-refractivity contribution < 1.29 is 4.52 Å². The summed E-state index contributed by atoms with van der Waals surface area (Å²) in [6.07, 6.45) is 14.0. The molecule has 0 aliphatic heterocycles. The van der Waals surface area contributed by atoms with Crippen LogP contribution in [0.4, 0.5) is 0 Å². The molecule has 0 saturated heterocycles. The molecule has 3 aromatic rings. The van der Waals surface area contributed by atoms with Crippen LogP contribution in [0, 0.1) is 0 Å². The van der Waals surface area contributed by atoms with Gasteiger partial charge in [0.1, 0.15) is 0 Å². The van der Waals surface area contributed by atoms with Gasteiger partial charge in [-0.3, -0.25) is 4.98 Å². The van der Waals surface area contributed by atoms with E-state index >= 15 is 0 Å². The van der Waals surface area contributed by atoms with E-state index in [9.17, 15) is 0 Å². The lowest BCUT2D eigenvalue weighted by molar-refractivity contribution is 0.270. The second-order valence-electron chi connectivity index (χ2n) is 7.87. The summed E-state index contributed by atoms with van der Waals surface area (Å²) in [5.41, 5.74) is 1.17. The normalized spacial score (nSPS) is 24.5. The molecule has 5 rings (SSSR count). The Morgan fingerprint density at radius 3 is 2.54 bits per heavy atom. The second-order valence-corrected chi connectivity index (χ2v) is 7.87. The Morgan fingerprint density at radius 1 is 1.04 bits per heavy atom. The first kappa shape index (κ1) is 15.8. The maximum absolute atomic E-state index is 5.71. The highest BCUT2D eigenvalue weighted by molar-refractivity contribution is 5.23. The molecule has 3 aromatic heterocycles. The Labute approximate surface area is 153 Å². The molecule has 5 heteroatoms. The topological polar surface area (TPSA) is 56.7 Å². The van der Waals surface area contributed by atoms with Gasteiger partial charge >= 0.3 is 0 Å². The minimum absolute atomic E-state index is 0.0540. The fourth-order valence-electron chi connectivity index (χ4n) is 4.31. The maximum atomic E-state index is 5.71. The van der Waals surface area contributed by atoms with E-state index in [-0.39, 0.29) is 5.41 Å². The first-order chi connectivity index (χ1) is 12.8. The molecule has 0 spiro atoms. The SMILES string of the molecule is c1ccc(CC2(c3noc(C4CCC(n5cccc5)CC4)n3)CC2)nc1. The van der Waals surface area contributed by atoms with Gasteiger partial charge in [-0.2, -0.15) is 4.98 Å². The Morgan fingerprint density at radius 2 is 1.85 bits per heavy atom. The van der Waals surface area contributed by atoms with Crippen LogP contribution in [0.1, 0.15) is 67.9 Å².